The lowest BCUT2D eigenvalue weighted by atomic mass is 9.99. The number of sulfone groups is 1. The van der Waals surface area contributed by atoms with Crippen molar-refractivity contribution in [2.75, 3.05) is 38.2 Å². The van der Waals surface area contributed by atoms with Gasteiger partial charge in [-0.3, -0.25) is 4.79 Å². The third-order valence-corrected chi connectivity index (χ3v) is 4.96. The molecule has 0 saturated carbocycles. The van der Waals surface area contributed by atoms with Gasteiger partial charge in [0.15, 0.2) is 9.84 Å². The highest BCUT2D eigenvalue weighted by Gasteiger charge is 2.30. The minimum atomic E-state index is -2.89. The highest BCUT2D eigenvalue weighted by molar-refractivity contribution is 7.91. The van der Waals surface area contributed by atoms with Crippen LogP contribution in [0.3, 0.4) is 0 Å². The third-order valence-electron chi connectivity index (χ3n) is 3.25. The van der Waals surface area contributed by atoms with Gasteiger partial charge in [-0.1, -0.05) is 0 Å². The molecular weight excluding hydrogens is 256 g/mol. The first-order valence-corrected chi connectivity index (χ1v) is 7.89. The Labute approximate surface area is 108 Å². The van der Waals surface area contributed by atoms with Crippen molar-refractivity contribution in [1.82, 2.24) is 4.90 Å². The highest BCUT2D eigenvalue weighted by Crippen LogP contribution is 2.11. The first-order valence-electron chi connectivity index (χ1n) is 6.07. The maximum atomic E-state index is 11.4. The Morgan fingerprint density at radius 3 is 2.67 bits per heavy atom. The second-order valence-electron chi connectivity index (χ2n) is 5.01. The molecule has 0 radical (unpaired) electrons. The van der Waals surface area contributed by atoms with Crippen LogP contribution < -0.4 is 5.73 Å². The van der Waals surface area contributed by atoms with E-state index in [0.29, 0.717) is 25.9 Å². The van der Waals surface area contributed by atoms with Crippen LogP contribution in [0.5, 0.6) is 0 Å². The summed E-state index contributed by atoms with van der Waals surface area (Å²) in [5.41, 5.74) is 4.85. The number of hydrogen-bond acceptors (Lipinski definition) is 6. The van der Waals surface area contributed by atoms with Crippen LogP contribution >= 0.6 is 0 Å². The van der Waals surface area contributed by atoms with Crippen LogP contribution in [-0.4, -0.2) is 63.1 Å². The van der Waals surface area contributed by atoms with Crippen molar-refractivity contribution in [3.8, 4) is 0 Å². The summed E-state index contributed by atoms with van der Waals surface area (Å²) in [5, 5.41) is 0. The quantitative estimate of drug-likeness (QED) is 0.690. The predicted octanol–water partition coefficient (Wildman–Crippen LogP) is -0.613. The van der Waals surface area contributed by atoms with Gasteiger partial charge in [-0.15, -0.1) is 0 Å². The fourth-order valence-electron chi connectivity index (χ4n) is 1.94. The molecule has 1 rings (SSSR count). The first kappa shape index (κ1) is 15.4. The summed E-state index contributed by atoms with van der Waals surface area (Å²) in [4.78, 5) is 13.5. The Balaban J connectivity index is 2.47. The second kappa shape index (κ2) is 5.99. The van der Waals surface area contributed by atoms with Gasteiger partial charge >= 0.3 is 5.97 Å². The van der Waals surface area contributed by atoms with Crippen LogP contribution in [-0.2, 0) is 19.4 Å². The molecule has 1 aliphatic rings. The number of ether oxygens (including phenoxy) is 1. The Morgan fingerprint density at radius 2 is 2.06 bits per heavy atom. The Morgan fingerprint density at radius 1 is 1.39 bits per heavy atom. The van der Waals surface area contributed by atoms with Crippen molar-refractivity contribution in [2.45, 2.75) is 25.3 Å². The summed E-state index contributed by atoms with van der Waals surface area (Å²) < 4.78 is 27.5. The standard InChI is InChI=1S/C11H22N2O4S/c1-11(12,10(14)17-2)4-6-13-5-3-8-18(15,16)9-7-13/h3-9,12H2,1-2H3. The fraction of sp³-hybridized carbons (Fsp3) is 0.909. The number of carbonyl (C=O) groups is 1. The number of nitrogens with two attached hydrogens (primary N) is 1. The van der Waals surface area contributed by atoms with Crippen LogP contribution in [0.4, 0.5) is 0 Å². The smallest absolute Gasteiger partial charge is 0.325 e. The molecule has 18 heavy (non-hydrogen) atoms. The van der Waals surface area contributed by atoms with Gasteiger partial charge in [0.1, 0.15) is 5.54 Å². The molecular formula is C11H22N2O4S. The molecule has 7 heteroatoms. The van der Waals surface area contributed by atoms with E-state index in [-0.39, 0.29) is 11.5 Å². The SMILES string of the molecule is COC(=O)C(C)(N)CCN1CCCS(=O)(=O)CC1. The molecule has 1 aliphatic heterocycles. The lowest BCUT2D eigenvalue weighted by Crippen LogP contribution is -2.48. The first-order chi connectivity index (χ1) is 8.27. The molecule has 1 atom stereocenters. The molecule has 0 aromatic rings. The van der Waals surface area contributed by atoms with Gasteiger partial charge in [0, 0.05) is 13.1 Å². The summed E-state index contributed by atoms with van der Waals surface area (Å²) in [7, 11) is -1.58. The van der Waals surface area contributed by atoms with Gasteiger partial charge in [0.05, 0.1) is 18.6 Å². The monoisotopic (exact) mass is 278 g/mol. The normalized spacial score (nSPS) is 23.9. The molecule has 0 aliphatic carbocycles. The van der Waals surface area contributed by atoms with Crippen molar-refractivity contribution in [3.05, 3.63) is 0 Å². The van der Waals surface area contributed by atoms with Crippen LogP contribution in [0.15, 0.2) is 0 Å². The number of nitrogens with zero attached hydrogens (tertiary/aromatic N) is 1. The van der Waals surface area contributed by atoms with Gasteiger partial charge in [-0.05, 0) is 26.3 Å². The van der Waals surface area contributed by atoms with Gasteiger partial charge in [-0.2, -0.15) is 0 Å². The zero-order chi connectivity index (χ0) is 13.8. The molecule has 1 fully saturated rings. The van der Waals surface area contributed by atoms with E-state index in [9.17, 15) is 13.2 Å². The number of methoxy groups -OCH3 is 1. The van der Waals surface area contributed by atoms with E-state index in [2.05, 4.69) is 4.74 Å². The number of rotatable bonds is 4. The molecule has 1 saturated heterocycles. The van der Waals surface area contributed by atoms with Crippen molar-refractivity contribution >= 4 is 15.8 Å². The van der Waals surface area contributed by atoms with E-state index in [1.165, 1.54) is 7.11 Å². The second-order valence-corrected chi connectivity index (χ2v) is 7.31. The van der Waals surface area contributed by atoms with Crippen molar-refractivity contribution in [2.24, 2.45) is 5.73 Å². The fourth-order valence-corrected chi connectivity index (χ4v) is 3.25. The summed E-state index contributed by atoms with van der Waals surface area (Å²) in [6, 6.07) is 0. The molecule has 0 aromatic carbocycles. The summed E-state index contributed by atoms with van der Waals surface area (Å²) >= 11 is 0. The topological polar surface area (TPSA) is 89.7 Å². The Bertz CT molecular complexity index is 392. The van der Waals surface area contributed by atoms with E-state index in [1.807, 2.05) is 4.90 Å². The zero-order valence-electron chi connectivity index (χ0n) is 11.0. The molecule has 1 unspecified atom stereocenters. The minimum absolute atomic E-state index is 0.187. The summed E-state index contributed by atoms with van der Waals surface area (Å²) in [6.45, 7) is 3.49. The zero-order valence-corrected chi connectivity index (χ0v) is 11.8. The highest BCUT2D eigenvalue weighted by atomic mass is 32.2. The Kier molecular flexibility index (Phi) is 5.12. The maximum absolute atomic E-state index is 11.4. The van der Waals surface area contributed by atoms with E-state index < -0.39 is 21.3 Å². The lowest BCUT2D eigenvalue weighted by molar-refractivity contribution is -0.146. The number of esters is 1. The largest absolute Gasteiger partial charge is 0.468 e. The summed E-state index contributed by atoms with van der Waals surface area (Å²) in [5.74, 6) is -0.00246. The van der Waals surface area contributed by atoms with E-state index in [0.717, 1.165) is 6.54 Å². The van der Waals surface area contributed by atoms with Gasteiger partial charge in [0.2, 0.25) is 0 Å². The molecule has 2 N–H and O–H groups in total. The van der Waals surface area contributed by atoms with Crippen LogP contribution in [0.1, 0.15) is 19.8 Å². The summed E-state index contributed by atoms with van der Waals surface area (Å²) in [6.07, 6.45) is 1.10. The molecule has 106 valence electrons. The molecule has 0 aromatic heterocycles. The molecule has 6 nitrogen and oxygen atoms in total. The average Bonchev–Trinajstić information content (AvgIpc) is 2.46. The maximum Gasteiger partial charge on any atom is 0.325 e. The van der Waals surface area contributed by atoms with Gasteiger partial charge in [-0.25, -0.2) is 8.42 Å². The van der Waals surface area contributed by atoms with Gasteiger partial charge < -0.3 is 15.4 Å². The predicted molar refractivity (Wildman–Crippen MR) is 68.9 cm³/mol. The lowest BCUT2D eigenvalue weighted by Gasteiger charge is -2.26. The van der Waals surface area contributed by atoms with E-state index in [1.54, 1.807) is 6.92 Å². The van der Waals surface area contributed by atoms with Gasteiger partial charge in [0.25, 0.3) is 0 Å². The van der Waals surface area contributed by atoms with Crippen LogP contribution in [0.2, 0.25) is 0 Å². The molecule has 0 amide bonds. The number of carbonyl (C=O) groups excluding carboxylic acids is 1. The van der Waals surface area contributed by atoms with E-state index >= 15 is 0 Å². The van der Waals surface area contributed by atoms with Crippen LogP contribution in [0, 0.1) is 0 Å². The number of hydrogen-bond donors (Lipinski definition) is 1. The Hall–Kier alpha value is -0.660. The van der Waals surface area contributed by atoms with E-state index in [4.69, 9.17) is 5.73 Å². The average molecular weight is 278 g/mol. The molecule has 0 bridgehead atoms. The molecule has 1 heterocycles. The van der Waals surface area contributed by atoms with Crippen LogP contribution in [0.25, 0.3) is 0 Å². The molecule has 0 spiro atoms. The minimum Gasteiger partial charge on any atom is -0.468 e. The third kappa shape index (κ3) is 4.55. The van der Waals surface area contributed by atoms with Crippen molar-refractivity contribution in [3.63, 3.8) is 0 Å². The van der Waals surface area contributed by atoms with Crippen molar-refractivity contribution in [1.29, 1.82) is 0 Å². The van der Waals surface area contributed by atoms with Crippen molar-refractivity contribution < 1.29 is 17.9 Å².